The highest BCUT2D eigenvalue weighted by molar-refractivity contribution is 7.98. The maximum Gasteiger partial charge on any atom is 0.416 e. The Morgan fingerprint density at radius 2 is 1.79 bits per heavy atom. The standard InChI is InChI=1S/C19H19ClF3N3OS/c1-28-17-5-3-2-4-16(17)25-8-10-26(11-9-25)18(27)24-15-12-13(19(21,22)23)6-7-14(15)20/h2-7,12H,8-11H2,1H3,(H,24,27). The molecule has 1 aliphatic rings. The van der Waals surface area contributed by atoms with Crippen LogP contribution in [0.5, 0.6) is 0 Å². The van der Waals surface area contributed by atoms with Gasteiger partial charge in [0.1, 0.15) is 0 Å². The number of piperazine rings is 1. The van der Waals surface area contributed by atoms with Gasteiger partial charge < -0.3 is 15.1 Å². The topological polar surface area (TPSA) is 35.6 Å². The summed E-state index contributed by atoms with van der Waals surface area (Å²) in [5.41, 5.74) is 0.221. The first-order valence-electron chi connectivity index (χ1n) is 8.60. The Kier molecular flexibility index (Phi) is 6.30. The molecular weight excluding hydrogens is 411 g/mol. The van der Waals surface area contributed by atoms with Crippen LogP contribution in [0.15, 0.2) is 47.4 Å². The fourth-order valence-corrected chi connectivity index (χ4v) is 3.82. The molecule has 28 heavy (non-hydrogen) atoms. The van der Waals surface area contributed by atoms with Gasteiger partial charge in [0.2, 0.25) is 0 Å². The van der Waals surface area contributed by atoms with E-state index in [1.807, 2.05) is 24.5 Å². The van der Waals surface area contributed by atoms with Crippen molar-refractivity contribution in [1.82, 2.24) is 4.90 Å². The minimum Gasteiger partial charge on any atom is -0.367 e. The first-order chi connectivity index (χ1) is 13.3. The number of halogens is 4. The lowest BCUT2D eigenvalue weighted by Gasteiger charge is -2.36. The molecule has 0 radical (unpaired) electrons. The number of benzene rings is 2. The number of hydrogen-bond acceptors (Lipinski definition) is 3. The maximum atomic E-state index is 12.9. The van der Waals surface area contributed by atoms with Gasteiger partial charge in [0.05, 0.1) is 22.0 Å². The third-order valence-electron chi connectivity index (χ3n) is 4.53. The summed E-state index contributed by atoms with van der Waals surface area (Å²) in [5.74, 6) is 0. The fourth-order valence-electron chi connectivity index (χ4n) is 3.03. The van der Waals surface area contributed by atoms with Crippen molar-refractivity contribution in [2.45, 2.75) is 11.1 Å². The number of para-hydroxylation sites is 1. The number of carbonyl (C=O) groups is 1. The Hall–Kier alpha value is -2.06. The molecule has 0 unspecified atom stereocenters. The summed E-state index contributed by atoms with van der Waals surface area (Å²) in [6.45, 7) is 2.21. The Labute approximate surface area is 170 Å². The molecule has 0 spiro atoms. The molecule has 0 aliphatic carbocycles. The van der Waals surface area contributed by atoms with Gasteiger partial charge in [0, 0.05) is 31.1 Å². The van der Waals surface area contributed by atoms with Crippen molar-refractivity contribution in [3.8, 4) is 0 Å². The van der Waals surface area contributed by atoms with Crippen LogP contribution in [0.1, 0.15) is 5.56 Å². The largest absolute Gasteiger partial charge is 0.416 e. The van der Waals surface area contributed by atoms with Crippen molar-refractivity contribution < 1.29 is 18.0 Å². The smallest absolute Gasteiger partial charge is 0.367 e. The minimum atomic E-state index is -4.50. The van der Waals surface area contributed by atoms with Crippen LogP contribution in [0, 0.1) is 0 Å². The van der Waals surface area contributed by atoms with Crippen LogP contribution in [-0.4, -0.2) is 43.4 Å². The monoisotopic (exact) mass is 429 g/mol. The van der Waals surface area contributed by atoms with Crippen LogP contribution in [0.3, 0.4) is 0 Å². The lowest BCUT2D eigenvalue weighted by Crippen LogP contribution is -2.50. The van der Waals surface area contributed by atoms with Crippen molar-refractivity contribution in [3.05, 3.63) is 53.1 Å². The van der Waals surface area contributed by atoms with Gasteiger partial charge in [-0.1, -0.05) is 23.7 Å². The van der Waals surface area contributed by atoms with Crippen molar-refractivity contribution in [3.63, 3.8) is 0 Å². The molecule has 1 saturated heterocycles. The van der Waals surface area contributed by atoms with Gasteiger partial charge >= 0.3 is 12.2 Å². The molecule has 0 bridgehead atoms. The minimum absolute atomic E-state index is 0.0448. The number of nitrogens with zero attached hydrogens (tertiary/aromatic N) is 2. The molecule has 1 heterocycles. The molecular formula is C19H19ClF3N3OS. The van der Waals surface area contributed by atoms with E-state index in [0.717, 1.165) is 28.8 Å². The van der Waals surface area contributed by atoms with E-state index < -0.39 is 17.8 Å². The van der Waals surface area contributed by atoms with Crippen LogP contribution in [-0.2, 0) is 6.18 Å². The molecule has 9 heteroatoms. The highest BCUT2D eigenvalue weighted by Gasteiger charge is 2.31. The fraction of sp³-hybridized carbons (Fsp3) is 0.316. The van der Waals surface area contributed by atoms with Crippen molar-refractivity contribution in [1.29, 1.82) is 0 Å². The Bertz CT molecular complexity index is 855. The molecule has 1 fully saturated rings. The SMILES string of the molecule is CSc1ccccc1N1CCN(C(=O)Nc2cc(C(F)(F)F)ccc2Cl)CC1. The highest BCUT2D eigenvalue weighted by Crippen LogP contribution is 2.34. The molecule has 3 rings (SSSR count). The lowest BCUT2D eigenvalue weighted by atomic mass is 10.2. The second kappa shape index (κ2) is 8.53. The van der Waals surface area contributed by atoms with Crippen molar-refractivity contribution in [2.75, 3.05) is 42.7 Å². The lowest BCUT2D eigenvalue weighted by molar-refractivity contribution is -0.137. The molecule has 2 aromatic carbocycles. The Morgan fingerprint density at radius 1 is 1.11 bits per heavy atom. The van der Waals surface area contributed by atoms with Gasteiger partial charge in [0.15, 0.2) is 0 Å². The van der Waals surface area contributed by atoms with Crippen LogP contribution in [0.25, 0.3) is 0 Å². The van der Waals surface area contributed by atoms with E-state index in [0.29, 0.717) is 26.2 Å². The van der Waals surface area contributed by atoms with E-state index >= 15 is 0 Å². The van der Waals surface area contributed by atoms with Crippen molar-refractivity contribution in [2.24, 2.45) is 0 Å². The predicted octanol–water partition coefficient (Wildman–Crippen LogP) is 5.43. The van der Waals surface area contributed by atoms with Gasteiger partial charge in [-0.25, -0.2) is 4.79 Å². The second-order valence-electron chi connectivity index (χ2n) is 6.27. The summed E-state index contributed by atoms with van der Waals surface area (Å²) < 4.78 is 38.7. The van der Waals surface area contributed by atoms with E-state index in [1.165, 1.54) is 0 Å². The number of alkyl halides is 3. The van der Waals surface area contributed by atoms with E-state index in [1.54, 1.807) is 16.7 Å². The van der Waals surface area contributed by atoms with E-state index in [9.17, 15) is 18.0 Å². The van der Waals surface area contributed by atoms with E-state index in [2.05, 4.69) is 16.3 Å². The number of nitrogens with one attached hydrogen (secondary N) is 1. The molecule has 0 aromatic heterocycles. The van der Waals surface area contributed by atoms with E-state index in [-0.39, 0.29) is 10.7 Å². The van der Waals surface area contributed by atoms with Gasteiger partial charge in [-0.15, -0.1) is 11.8 Å². The summed E-state index contributed by atoms with van der Waals surface area (Å²) in [7, 11) is 0. The number of carbonyl (C=O) groups excluding carboxylic acids is 1. The zero-order valence-corrected chi connectivity index (χ0v) is 16.7. The molecule has 0 saturated carbocycles. The number of hydrogen-bond donors (Lipinski definition) is 1. The van der Waals surface area contributed by atoms with Crippen molar-refractivity contribution >= 4 is 40.8 Å². The third-order valence-corrected chi connectivity index (χ3v) is 5.64. The summed E-state index contributed by atoms with van der Waals surface area (Å²) >= 11 is 7.62. The van der Waals surface area contributed by atoms with Crippen LogP contribution < -0.4 is 10.2 Å². The summed E-state index contributed by atoms with van der Waals surface area (Å²) in [6.07, 6.45) is -2.48. The number of urea groups is 1. The average Bonchev–Trinajstić information content (AvgIpc) is 2.68. The van der Waals surface area contributed by atoms with Gasteiger partial charge in [-0.2, -0.15) is 13.2 Å². The second-order valence-corrected chi connectivity index (χ2v) is 7.52. The molecule has 1 aliphatic heterocycles. The van der Waals surface area contributed by atoms with Crippen LogP contribution in [0.4, 0.5) is 29.3 Å². The van der Waals surface area contributed by atoms with Gasteiger partial charge in [-0.3, -0.25) is 0 Å². The van der Waals surface area contributed by atoms with Crippen LogP contribution in [0.2, 0.25) is 5.02 Å². The Balaban J connectivity index is 1.65. The normalized spacial score (nSPS) is 14.9. The first-order valence-corrected chi connectivity index (χ1v) is 10.2. The quantitative estimate of drug-likeness (QED) is 0.660. The van der Waals surface area contributed by atoms with Crippen LogP contribution >= 0.6 is 23.4 Å². The number of anilines is 2. The predicted molar refractivity (Wildman–Crippen MR) is 107 cm³/mol. The molecule has 0 atom stereocenters. The number of amides is 2. The molecule has 1 N–H and O–H groups in total. The summed E-state index contributed by atoms with van der Waals surface area (Å²) in [5, 5.41) is 2.57. The molecule has 2 amide bonds. The average molecular weight is 430 g/mol. The number of rotatable bonds is 3. The molecule has 150 valence electrons. The zero-order chi connectivity index (χ0) is 20.3. The highest BCUT2D eigenvalue weighted by atomic mass is 35.5. The molecule has 4 nitrogen and oxygen atoms in total. The summed E-state index contributed by atoms with van der Waals surface area (Å²) in [6, 6.07) is 10.5. The number of thioether (sulfide) groups is 1. The molecule has 2 aromatic rings. The summed E-state index contributed by atoms with van der Waals surface area (Å²) in [4.78, 5) is 17.4. The zero-order valence-electron chi connectivity index (χ0n) is 15.1. The van der Waals surface area contributed by atoms with E-state index in [4.69, 9.17) is 11.6 Å². The Morgan fingerprint density at radius 3 is 2.43 bits per heavy atom. The maximum absolute atomic E-state index is 12.9. The third kappa shape index (κ3) is 4.67. The first kappa shape index (κ1) is 20.7. The van der Waals surface area contributed by atoms with Gasteiger partial charge in [-0.05, 0) is 36.6 Å². The van der Waals surface area contributed by atoms with Gasteiger partial charge in [0.25, 0.3) is 0 Å².